The molecule has 4 rings (SSSR count). The van der Waals surface area contributed by atoms with Gasteiger partial charge in [-0.1, -0.05) is 0 Å². The third-order valence-corrected chi connectivity index (χ3v) is 4.56. The highest BCUT2D eigenvalue weighted by atomic mass is 19.3. The fraction of sp³-hybridized carbons (Fsp3) is 0.222. The summed E-state index contributed by atoms with van der Waals surface area (Å²) in [5, 5.41) is 0.975. The van der Waals surface area contributed by atoms with Crippen LogP contribution < -0.4 is 4.90 Å². The van der Waals surface area contributed by atoms with Crippen molar-refractivity contribution >= 4 is 28.3 Å². The van der Waals surface area contributed by atoms with Crippen molar-refractivity contribution in [2.24, 2.45) is 13.0 Å². The molecule has 128 valence electrons. The number of carbonyl (C=O) groups excluding carboxylic acids is 2. The number of carbonyl (C=O) groups is 2. The fourth-order valence-electron chi connectivity index (χ4n) is 3.34. The number of fused-ring (bicyclic) bond motifs is 2. The Hall–Kier alpha value is -2.96. The summed E-state index contributed by atoms with van der Waals surface area (Å²) in [6.45, 7) is -2.85. The number of ether oxygens (including phenoxy) is 1. The molecular weight excluding hydrogens is 330 g/mol. The van der Waals surface area contributed by atoms with Gasteiger partial charge in [-0.05, 0) is 30.3 Å². The van der Waals surface area contributed by atoms with Crippen molar-refractivity contribution in [3.63, 3.8) is 0 Å². The van der Waals surface area contributed by atoms with E-state index in [1.54, 1.807) is 0 Å². The van der Waals surface area contributed by atoms with Crippen molar-refractivity contribution in [1.82, 2.24) is 4.57 Å². The number of halogens is 2. The first-order valence-corrected chi connectivity index (χ1v) is 7.73. The van der Waals surface area contributed by atoms with Gasteiger partial charge < -0.3 is 14.2 Å². The van der Waals surface area contributed by atoms with Crippen LogP contribution >= 0.6 is 0 Å². The van der Waals surface area contributed by atoms with Crippen LogP contribution in [0.3, 0.4) is 0 Å². The number of aromatic nitrogens is 1. The number of benzene rings is 1. The minimum atomic E-state index is -3.04. The molecule has 2 aliphatic rings. The molecule has 0 N–H and O–H groups in total. The van der Waals surface area contributed by atoms with Gasteiger partial charge in [0.15, 0.2) is 5.78 Å². The first-order chi connectivity index (χ1) is 11.9. The maximum atomic E-state index is 12.7. The zero-order valence-electron chi connectivity index (χ0n) is 13.3. The SMILES string of the molecule is Cn1ccc2cc(N3CC4C(=O)C=C(OC(F)F)C=C4C3=O)ccc21. The van der Waals surface area contributed by atoms with Gasteiger partial charge in [0.2, 0.25) is 0 Å². The second kappa shape index (κ2) is 5.54. The molecule has 0 radical (unpaired) electrons. The number of hydrogen-bond donors (Lipinski definition) is 0. The minimum absolute atomic E-state index is 0.191. The second-order valence-corrected chi connectivity index (χ2v) is 6.07. The van der Waals surface area contributed by atoms with Gasteiger partial charge in [-0.25, -0.2) is 0 Å². The van der Waals surface area contributed by atoms with E-state index < -0.39 is 18.3 Å². The first kappa shape index (κ1) is 15.6. The van der Waals surface area contributed by atoms with Crippen molar-refractivity contribution < 1.29 is 23.1 Å². The minimum Gasteiger partial charge on any atom is -0.435 e. The highest BCUT2D eigenvalue weighted by Crippen LogP contribution is 2.35. The molecular formula is C18H14F2N2O3. The van der Waals surface area contributed by atoms with Crippen LogP contribution in [0, 0.1) is 5.92 Å². The summed E-state index contributed by atoms with van der Waals surface area (Å²) in [6.07, 6.45) is 4.18. The van der Waals surface area contributed by atoms with Crippen molar-refractivity contribution in [2.45, 2.75) is 6.61 Å². The van der Waals surface area contributed by atoms with E-state index >= 15 is 0 Å². The molecule has 2 heterocycles. The van der Waals surface area contributed by atoms with Crippen LogP contribution in [0.5, 0.6) is 0 Å². The molecule has 25 heavy (non-hydrogen) atoms. The maximum absolute atomic E-state index is 12.7. The van der Waals surface area contributed by atoms with Crippen LogP contribution in [0.15, 0.2) is 53.9 Å². The van der Waals surface area contributed by atoms with E-state index in [0.29, 0.717) is 5.69 Å². The summed E-state index contributed by atoms with van der Waals surface area (Å²) in [7, 11) is 1.93. The Kier molecular flexibility index (Phi) is 3.45. The van der Waals surface area contributed by atoms with Crippen LogP contribution in [0.2, 0.25) is 0 Å². The average molecular weight is 344 g/mol. The molecule has 1 unspecified atom stereocenters. The summed E-state index contributed by atoms with van der Waals surface area (Å²) in [5.74, 6) is -1.69. The quantitative estimate of drug-likeness (QED) is 0.860. The molecule has 1 aliphatic heterocycles. The topological polar surface area (TPSA) is 51.5 Å². The third-order valence-electron chi connectivity index (χ3n) is 4.56. The monoisotopic (exact) mass is 344 g/mol. The molecule has 1 amide bonds. The van der Waals surface area contributed by atoms with E-state index in [2.05, 4.69) is 4.74 Å². The largest absolute Gasteiger partial charge is 0.435 e. The van der Waals surface area contributed by atoms with Crippen LogP contribution in [0.25, 0.3) is 10.9 Å². The summed E-state index contributed by atoms with van der Waals surface area (Å²) in [5.41, 5.74) is 1.89. The number of nitrogens with zero attached hydrogens (tertiary/aromatic N) is 2. The van der Waals surface area contributed by atoms with Crippen LogP contribution in [0.4, 0.5) is 14.5 Å². The zero-order valence-corrected chi connectivity index (χ0v) is 13.3. The summed E-state index contributed by atoms with van der Waals surface area (Å²) in [6, 6.07) is 7.53. The molecule has 1 atom stereocenters. The van der Waals surface area contributed by atoms with E-state index in [4.69, 9.17) is 0 Å². The van der Waals surface area contributed by atoms with Crippen molar-refractivity contribution in [3.8, 4) is 0 Å². The van der Waals surface area contributed by atoms with Crippen molar-refractivity contribution in [2.75, 3.05) is 11.4 Å². The van der Waals surface area contributed by atoms with E-state index in [1.807, 2.05) is 42.1 Å². The van der Waals surface area contributed by atoms with Crippen LogP contribution in [-0.4, -0.2) is 29.4 Å². The first-order valence-electron chi connectivity index (χ1n) is 7.73. The van der Waals surface area contributed by atoms with E-state index in [1.165, 1.54) is 11.0 Å². The van der Waals surface area contributed by atoms with Gasteiger partial charge >= 0.3 is 6.61 Å². The number of hydrogen-bond acceptors (Lipinski definition) is 3. The van der Waals surface area contributed by atoms with Gasteiger partial charge in [0, 0.05) is 48.0 Å². The number of ketones is 1. The summed E-state index contributed by atoms with van der Waals surface area (Å²) < 4.78 is 31.0. The van der Waals surface area contributed by atoms with Gasteiger partial charge in [-0.2, -0.15) is 8.78 Å². The van der Waals surface area contributed by atoms with Gasteiger partial charge in [-0.15, -0.1) is 0 Å². The third kappa shape index (κ3) is 2.52. The van der Waals surface area contributed by atoms with E-state index in [0.717, 1.165) is 17.0 Å². The van der Waals surface area contributed by atoms with Crippen LogP contribution in [0.1, 0.15) is 0 Å². The smallest absolute Gasteiger partial charge is 0.387 e. The number of aryl methyl sites for hydroxylation is 1. The standard InChI is InChI=1S/C18H14F2N2O3/c1-21-5-4-10-6-11(2-3-15(10)21)22-9-14-13(17(22)24)7-12(8-16(14)23)25-18(19)20/h2-8,14,18H,9H2,1H3. The fourth-order valence-corrected chi connectivity index (χ4v) is 3.34. The molecule has 1 aliphatic carbocycles. The Morgan fingerprint density at radius 3 is 2.76 bits per heavy atom. The van der Waals surface area contributed by atoms with Crippen molar-refractivity contribution in [1.29, 1.82) is 0 Å². The lowest BCUT2D eigenvalue weighted by molar-refractivity contribution is -0.120. The lowest BCUT2D eigenvalue weighted by atomic mass is 9.92. The Morgan fingerprint density at radius 2 is 2.00 bits per heavy atom. The molecule has 1 aromatic heterocycles. The predicted octanol–water partition coefficient (Wildman–Crippen LogP) is 2.77. The average Bonchev–Trinajstić information content (AvgIpc) is 3.08. The predicted molar refractivity (Wildman–Crippen MR) is 87.0 cm³/mol. The number of rotatable bonds is 3. The number of anilines is 1. The van der Waals surface area contributed by atoms with Gasteiger partial charge in [-0.3, -0.25) is 9.59 Å². The highest BCUT2D eigenvalue weighted by molar-refractivity contribution is 6.16. The summed E-state index contributed by atoms with van der Waals surface area (Å²) >= 11 is 0. The second-order valence-electron chi connectivity index (χ2n) is 6.07. The molecule has 1 fully saturated rings. The molecule has 1 aromatic carbocycles. The Morgan fingerprint density at radius 1 is 1.20 bits per heavy atom. The Balaban J connectivity index is 1.67. The number of allylic oxidation sites excluding steroid dienone is 2. The van der Waals surface area contributed by atoms with E-state index in [-0.39, 0.29) is 23.8 Å². The summed E-state index contributed by atoms with van der Waals surface area (Å²) in [4.78, 5) is 26.4. The maximum Gasteiger partial charge on any atom is 0.387 e. The Bertz CT molecular complexity index is 958. The number of amides is 1. The van der Waals surface area contributed by atoms with Crippen molar-refractivity contribution in [3.05, 3.63) is 53.9 Å². The molecule has 7 heteroatoms. The molecule has 0 spiro atoms. The van der Waals surface area contributed by atoms with Crippen LogP contribution in [-0.2, 0) is 21.4 Å². The van der Waals surface area contributed by atoms with E-state index in [9.17, 15) is 18.4 Å². The van der Waals surface area contributed by atoms with Gasteiger partial charge in [0.1, 0.15) is 5.76 Å². The molecule has 0 bridgehead atoms. The van der Waals surface area contributed by atoms with Gasteiger partial charge in [0.25, 0.3) is 5.91 Å². The molecule has 2 aromatic rings. The normalized spacial score (nSPS) is 20.2. The lowest BCUT2D eigenvalue weighted by Gasteiger charge is -2.16. The Labute approximate surface area is 141 Å². The molecule has 5 nitrogen and oxygen atoms in total. The highest BCUT2D eigenvalue weighted by Gasteiger charge is 2.41. The van der Waals surface area contributed by atoms with Gasteiger partial charge in [0.05, 0.1) is 5.92 Å². The zero-order chi connectivity index (χ0) is 17.7. The molecule has 1 saturated heterocycles. The number of alkyl halides is 2. The molecule has 0 saturated carbocycles. The lowest BCUT2D eigenvalue weighted by Crippen LogP contribution is -2.25.